The summed E-state index contributed by atoms with van der Waals surface area (Å²) in [5.41, 5.74) is 0.977. The van der Waals surface area contributed by atoms with E-state index in [1.54, 1.807) is 12.1 Å². The van der Waals surface area contributed by atoms with Crippen LogP contribution in [-0.2, 0) is 56.9 Å². The topological polar surface area (TPSA) is 126 Å². The molecule has 12 nitrogen and oxygen atoms in total. The highest BCUT2D eigenvalue weighted by Crippen LogP contribution is 2.12. The van der Waals surface area contributed by atoms with Crippen molar-refractivity contribution in [2.45, 2.75) is 18.7 Å². The third-order valence-corrected chi connectivity index (χ3v) is 6.28. The first kappa shape index (κ1) is 36.8. The van der Waals surface area contributed by atoms with E-state index in [1.807, 2.05) is 13.8 Å². The monoisotopic (exact) mass is 596 g/mol. The average Bonchev–Trinajstić information content (AvgIpc) is 2.94. The first-order valence-electron chi connectivity index (χ1n) is 13.7. The summed E-state index contributed by atoms with van der Waals surface area (Å²) in [5.74, 6) is 0. The fraction of sp³-hybridized carbons (Fsp3) is 0.778. The lowest BCUT2D eigenvalue weighted by Crippen LogP contribution is -2.15. The third-order valence-electron chi connectivity index (χ3n) is 4.96. The molecule has 0 amide bonds. The van der Waals surface area contributed by atoms with Crippen LogP contribution in [0.2, 0.25) is 0 Å². The zero-order valence-corrected chi connectivity index (χ0v) is 24.9. The van der Waals surface area contributed by atoms with Gasteiger partial charge in [0.1, 0.15) is 0 Å². The van der Waals surface area contributed by atoms with Crippen LogP contribution in [0.25, 0.3) is 0 Å². The summed E-state index contributed by atoms with van der Waals surface area (Å²) < 4.78 is 77.4. The van der Waals surface area contributed by atoms with Crippen LogP contribution in [0.5, 0.6) is 0 Å². The number of ether oxygens (including phenoxy) is 9. The molecular weight excluding hydrogens is 548 g/mol. The lowest BCUT2D eigenvalue weighted by Gasteiger charge is -2.09. The second-order valence-electron chi connectivity index (χ2n) is 8.19. The van der Waals surface area contributed by atoms with Gasteiger partial charge in [0.2, 0.25) is 0 Å². The van der Waals surface area contributed by atoms with Gasteiger partial charge < -0.3 is 42.6 Å². The van der Waals surface area contributed by atoms with Crippen LogP contribution < -0.4 is 0 Å². The standard InChI is InChI=1S/C27H48O12S/c1-3-30-8-9-31-10-11-32-12-13-33-14-15-34-16-17-35-18-19-36-20-21-37-22-23-38-24-25-39-40(28,29)27-6-4-26(2)5-7-27/h4-7H,3,8-25H2,1-2H3. The summed E-state index contributed by atoms with van der Waals surface area (Å²) in [6.45, 7) is 12.5. The molecule has 0 aliphatic rings. The molecule has 0 aliphatic heterocycles. The Hall–Kier alpha value is -1.23. The molecule has 0 aliphatic carbocycles. The summed E-state index contributed by atoms with van der Waals surface area (Å²) >= 11 is 0. The van der Waals surface area contributed by atoms with Gasteiger partial charge in [-0.1, -0.05) is 17.7 Å². The zero-order valence-electron chi connectivity index (χ0n) is 24.1. The maximum atomic E-state index is 12.0. The Balaban J connectivity index is 1.72. The molecule has 1 rings (SSSR count). The highest BCUT2D eigenvalue weighted by molar-refractivity contribution is 7.86. The number of aryl methyl sites for hydroxylation is 1. The highest BCUT2D eigenvalue weighted by atomic mass is 32.2. The van der Waals surface area contributed by atoms with Crippen molar-refractivity contribution in [2.75, 3.05) is 126 Å². The van der Waals surface area contributed by atoms with Gasteiger partial charge >= 0.3 is 0 Å². The maximum Gasteiger partial charge on any atom is 0.297 e. The van der Waals surface area contributed by atoms with Crippen molar-refractivity contribution >= 4 is 10.1 Å². The molecule has 0 saturated carbocycles. The first-order valence-corrected chi connectivity index (χ1v) is 15.1. The number of hydrogen-bond acceptors (Lipinski definition) is 12. The maximum absolute atomic E-state index is 12.0. The third kappa shape index (κ3) is 22.5. The highest BCUT2D eigenvalue weighted by Gasteiger charge is 2.14. The van der Waals surface area contributed by atoms with Crippen molar-refractivity contribution in [2.24, 2.45) is 0 Å². The fourth-order valence-corrected chi connectivity index (χ4v) is 3.77. The predicted molar refractivity (Wildman–Crippen MR) is 147 cm³/mol. The summed E-state index contributed by atoms with van der Waals surface area (Å²) in [6.07, 6.45) is 0. The van der Waals surface area contributed by atoms with E-state index < -0.39 is 10.1 Å². The predicted octanol–water partition coefficient (Wildman–Crippen LogP) is 1.87. The Morgan fingerprint density at radius 2 is 0.725 bits per heavy atom. The zero-order chi connectivity index (χ0) is 29.0. The number of rotatable bonds is 30. The van der Waals surface area contributed by atoms with Gasteiger partial charge in [-0.25, -0.2) is 0 Å². The molecular formula is C27H48O12S. The molecule has 0 aromatic heterocycles. The van der Waals surface area contributed by atoms with Gasteiger partial charge in [-0.2, -0.15) is 8.42 Å². The van der Waals surface area contributed by atoms with Gasteiger partial charge in [-0.3, -0.25) is 4.18 Å². The van der Waals surface area contributed by atoms with Crippen LogP contribution in [0.15, 0.2) is 29.2 Å². The minimum Gasteiger partial charge on any atom is -0.379 e. The van der Waals surface area contributed by atoms with Crippen molar-refractivity contribution in [1.29, 1.82) is 0 Å². The quantitative estimate of drug-likeness (QED) is 0.0950. The molecule has 0 spiro atoms. The molecule has 0 saturated heterocycles. The Kier molecular flexibility index (Phi) is 24.5. The molecule has 1 aromatic rings. The van der Waals surface area contributed by atoms with E-state index in [4.69, 9.17) is 46.8 Å². The summed E-state index contributed by atoms with van der Waals surface area (Å²) in [5, 5.41) is 0. The van der Waals surface area contributed by atoms with Gasteiger partial charge in [0, 0.05) is 6.61 Å². The summed E-state index contributed by atoms with van der Waals surface area (Å²) in [7, 11) is -3.77. The van der Waals surface area contributed by atoms with Gasteiger partial charge in [0.05, 0.1) is 124 Å². The SMILES string of the molecule is CCOCCOCCOCCOCCOCCOCCOCCOCCOCCOS(=O)(=O)c1ccc(C)cc1. The van der Waals surface area contributed by atoms with E-state index in [9.17, 15) is 8.42 Å². The van der Waals surface area contributed by atoms with Crippen molar-refractivity contribution in [3.63, 3.8) is 0 Å². The molecule has 0 atom stereocenters. The van der Waals surface area contributed by atoms with Crippen molar-refractivity contribution < 1.29 is 55.2 Å². The van der Waals surface area contributed by atoms with E-state index in [0.717, 1.165) is 5.56 Å². The minimum absolute atomic E-state index is 0.0549. The molecule has 0 radical (unpaired) electrons. The molecule has 0 unspecified atom stereocenters. The molecule has 0 bridgehead atoms. The number of benzene rings is 1. The molecule has 13 heteroatoms. The first-order chi connectivity index (χ1) is 19.6. The molecule has 40 heavy (non-hydrogen) atoms. The second kappa shape index (κ2) is 26.7. The van der Waals surface area contributed by atoms with Crippen LogP contribution in [0, 0.1) is 6.92 Å². The Morgan fingerprint density at radius 1 is 0.450 bits per heavy atom. The van der Waals surface area contributed by atoms with Gasteiger partial charge in [-0.05, 0) is 26.0 Å². The van der Waals surface area contributed by atoms with Gasteiger partial charge in [-0.15, -0.1) is 0 Å². The van der Waals surface area contributed by atoms with E-state index in [1.165, 1.54) is 12.1 Å². The van der Waals surface area contributed by atoms with Crippen LogP contribution in [0.3, 0.4) is 0 Å². The largest absolute Gasteiger partial charge is 0.379 e. The van der Waals surface area contributed by atoms with E-state index in [2.05, 4.69) is 0 Å². The van der Waals surface area contributed by atoms with Crippen molar-refractivity contribution in [3.8, 4) is 0 Å². The minimum atomic E-state index is -3.77. The van der Waals surface area contributed by atoms with E-state index >= 15 is 0 Å². The lowest BCUT2D eigenvalue weighted by atomic mass is 10.2. The molecule has 0 heterocycles. The summed E-state index contributed by atoms with van der Waals surface area (Å²) in [6, 6.07) is 6.48. The molecule has 1 aromatic carbocycles. The Morgan fingerprint density at radius 3 is 1.02 bits per heavy atom. The Bertz CT molecular complexity index is 776. The molecule has 0 N–H and O–H groups in total. The number of hydrogen-bond donors (Lipinski definition) is 0. The second-order valence-corrected chi connectivity index (χ2v) is 9.80. The van der Waals surface area contributed by atoms with Crippen molar-refractivity contribution in [1.82, 2.24) is 0 Å². The summed E-state index contributed by atoms with van der Waals surface area (Å²) in [4.78, 5) is 0.131. The van der Waals surface area contributed by atoms with Crippen LogP contribution in [0.1, 0.15) is 12.5 Å². The van der Waals surface area contributed by atoms with Crippen LogP contribution in [-0.4, -0.2) is 134 Å². The molecule has 234 valence electrons. The lowest BCUT2D eigenvalue weighted by molar-refractivity contribution is -0.0251. The van der Waals surface area contributed by atoms with Crippen molar-refractivity contribution in [3.05, 3.63) is 29.8 Å². The van der Waals surface area contributed by atoms with E-state index in [-0.39, 0.29) is 18.1 Å². The smallest absolute Gasteiger partial charge is 0.297 e. The van der Waals surface area contributed by atoms with E-state index in [0.29, 0.717) is 112 Å². The van der Waals surface area contributed by atoms with Crippen LogP contribution in [0.4, 0.5) is 0 Å². The normalized spacial score (nSPS) is 11.8. The average molecular weight is 597 g/mol. The van der Waals surface area contributed by atoms with Gasteiger partial charge in [0.15, 0.2) is 0 Å². The van der Waals surface area contributed by atoms with Crippen LogP contribution >= 0.6 is 0 Å². The molecule has 0 fully saturated rings. The fourth-order valence-electron chi connectivity index (χ4n) is 2.88. The Labute approximate surface area is 239 Å². The van der Waals surface area contributed by atoms with Gasteiger partial charge in [0.25, 0.3) is 10.1 Å².